The summed E-state index contributed by atoms with van der Waals surface area (Å²) >= 11 is 0. The number of carbonyl (C=O) groups excluding carboxylic acids is 2. The molecule has 0 amide bonds. The van der Waals surface area contributed by atoms with Crippen LogP contribution in [-0.4, -0.2) is 18.7 Å². The SMILES string of the molecule is CO/C(=C\C(=O)C(C)C)C(C)=O. The molecule has 0 saturated carbocycles. The molecule has 0 unspecified atom stereocenters. The quantitative estimate of drug-likeness (QED) is 0.472. The minimum absolute atomic E-state index is 0.0953. The third-order valence-electron chi connectivity index (χ3n) is 1.41. The van der Waals surface area contributed by atoms with Crippen LogP contribution in [0.2, 0.25) is 0 Å². The summed E-state index contributed by atoms with van der Waals surface area (Å²) in [7, 11) is 1.38. The molecule has 0 aromatic carbocycles. The minimum atomic E-state index is -0.230. The van der Waals surface area contributed by atoms with Crippen LogP contribution in [0, 0.1) is 5.92 Å². The van der Waals surface area contributed by atoms with Gasteiger partial charge in [0.05, 0.1) is 7.11 Å². The summed E-state index contributed by atoms with van der Waals surface area (Å²) in [5, 5.41) is 0. The van der Waals surface area contributed by atoms with Crippen LogP contribution in [0.5, 0.6) is 0 Å². The highest BCUT2D eigenvalue weighted by molar-refractivity contribution is 6.00. The van der Waals surface area contributed by atoms with Crippen molar-refractivity contribution in [1.29, 1.82) is 0 Å². The summed E-state index contributed by atoms with van der Waals surface area (Å²) in [6, 6.07) is 0. The van der Waals surface area contributed by atoms with Crippen molar-refractivity contribution in [3.63, 3.8) is 0 Å². The van der Waals surface area contributed by atoms with Gasteiger partial charge in [-0.05, 0) is 0 Å². The van der Waals surface area contributed by atoms with Gasteiger partial charge in [0.2, 0.25) is 0 Å². The van der Waals surface area contributed by atoms with Gasteiger partial charge in [-0.3, -0.25) is 9.59 Å². The summed E-state index contributed by atoms with van der Waals surface area (Å²) in [4.78, 5) is 21.9. The molecule has 0 aromatic rings. The maximum absolute atomic E-state index is 11.1. The van der Waals surface area contributed by atoms with Crippen LogP contribution < -0.4 is 0 Å². The second kappa shape index (κ2) is 4.70. The smallest absolute Gasteiger partial charge is 0.194 e. The second-order valence-corrected chi connectivity index (χ2v) is 2.83. The van der Waals surface area contributed by atoms with E-state index in [1.807, 2.05) is 0 Å². The first kappa shape index (κ1) is 10.9. The number of Topliss-reactive ketones (excluding diaryl/α,β-unsaturated/α-hetero) is 1. The number of hydrogen-bond donors (Lipinski definition) is 0. The number of methoxy groups -OCH3 is 1. The van der Waals surface area contributed by atoms with E-state index in [1.165, 1.54) is 20.1 Å². The molecule has 0 aliphatic carbocycles. The lowest BCUT2D eigenvalue weighted by atomic mass is 10.1. The zero-order valence-corrected chi connectivity index (χ0v) is 7.88. The fourth-order valence-corrected chi connectivity index (χ4v) is 0.600. The normalized spacial score (nSPS) is 11.6. The summed E-state index contributed by atoms with van der Waals surface area (Å²) in [6.07, 6.45) is 1.24. The molecule has 68 valence electrons. The molecule has 0 aromatic heterocycles. The van der Waals surface area contributed by atoms with Crippen LogP contribution in [0.1, 0.15) is 20.8 Å². The van der Waals surface area contributed by atoms with E-state index in [2.05, 4.69) is 0 Å². The molecule has 0 N–H and O–H groups in total. The molecule has 0 bridgehead atoms. The van der Waals surface area contributed by atoms with E-state index in [1.54, 1.807) is 13.8 Å². The van der Waals surface area contributed by atoms with Gasteiger partial charge in [0, 0.05) is 18.9 Å². The summed E-state index contributed by atoms with van der Waals surface area (Å²) in [5.74, 6) is -0.309. The van der Waals surface area contributed by atoms with Gasteiger partial charge < -0.3 is 4.74 Å². The molecule has 0 saturated heterocycles. The van der Waals surface area contributed by atoms with Crippen molar-refractivity contribution in [3.8, 4) is 0 Å². The number of allylic oxidation sites excluding steroid dienone is 2. The van der Waals surface area contributed by atoms with Gasteiger partial charge >= 0.3 is 0 Å². The van der Waals surface area contributed by atoms with Gasteiger partial charge in [-0.1, -0.05) is 13.8 Å². The Hall–Kier alpha value is -1.12. The topological polar surface area (TPSA) is 43.4 Å². The van der Waals surface area contributed by atoms with Gasteiger partial charge in [-0.25, -0.2) is 0 Å². The van der Waals surface area contributed by atoms with E-state index in [-0.39, 0.29) is 23.2 Å². The summed E-state index contributed by atoms with van der Waals surface area (Å²) < 4.78 is 4.72. The molecule has 0 radical (unpaired) electrons. The molecule has 0 fully saturated rings. The molecule has 3 heteroatoms. The first-order valence-electron chi connectivity index (χ1n) is 3.79. The Labute approximate surface area is 72.4 Å². The third kappa shape index (κ3) is 3.32. The van der Waals surface area contributed by atoms with Crippen LogP contribution in [-0.2, 0) is 14.3 Å². The second-order valence-electron chi connectivity index (χ2n) is 2.83. The molecule has 3 nitrogen and oxygen atoms in total. The van der Waals surface area contributed by atoms with E-state index in [0.717, 1.165) is 0 Å². The van der Waals surface area contributed by atoms with Gasteiger partial charge in [0.1, 0.15) is 0 Å². The maximum Gasteiger partial charge on any atom is 0.194 e. The molecular formula is C9H14O3. The number of rotatable bonds is 4. The zero-order valence-electron chi connectivity index (χ0n) is 7.88. The Morgan fingerprint density at radius 3 is 2.08 bits per heavy atom. The van der Waals surface area contributed by atoms with E-state index >= 15 is 0 Å². The molecule has 0 aliphatic heterocycles. The van der Waals surface area contributed by atoms with Gasteiger partial charge in [0.25, 0.3) is 0 Å². The predicted octanol–water partition coefficient (Wildman–Crippen LogP) is 1.33. The van der Waals surface area contributed by atoms with E-state index in [0.29, 0.717) is 0 Å². The first-order chi connectivity index (χ1) is 5.49. The van der Waals surface area contributed by atoms with Gasteiger partial charge in [0.15, 0.2) is 17.3 Å². The van der Waals surface area contributed by atoms with Crippen molar-refractivity contribution < 1.29 is 14.3 Å². The Kier molecular flexibility index (Phi) is 4.26. The van der Waals surface area contributed by atoms with Crippen LogP contribution >= 0.6 is 0 Å². The standard InChI is InChI=1S/C9H14O3/c1-6(2)8(11)5-9(12-4)7(3)10/h5-6H,1-4H3/b9-5-. The van der Waals surface area contributed by atoms with Crippen LogP contribution in [0.25, 0.3) is 0 Å². The summed E-state index contributed by atoms with van der Waals surface area (Å²) in [6.45, 7) is 4.90. The average Bonchev–Trinajstić information content (AvgIpc) is 1.98. The number of hydrogen-bond acceptors (Lipinski definition) is 3. The fourth-order valence-electron chi connectivity index (χ4n) is 0.600. The zero-order chi connectivity index (χ0) is 9.72. The van der Waals surface area contributed by atoms with Crippen molar-refractivity contribution in [2.45, 2.75) is 20.8 Å². The van der Waals surface area contributed by atoms with E-state index in [4.69, 9.17) is 4.74 Å². The lowest BCUT2D eigenvalue weighted by molar-refractivity contribution is -0.119. The van der Waals surface area contributed by atoms with Gasteiger partial charge in [-0.15, -0.1) is 0 Å². The molecule has 0 heterocycles. The molecule has 12 heavy (non-hydrogen) atoms. The maximum atomic E-state index is 11.1. The Balaban J connectivity index is 4.49. The van der Waals surface area contributed by atoms with Crippen LogP contribution in [0.4, 0.5) is 0 Å². The predicted molar refractivity (Wildman–Crippen MR) is 45.6 cm³/mol. The number of ether oxygens (including phenoxy) is 1. The number of ketones is 2. The third-order valence-corrected chi connectivity index (χ3v) is 1.41. The number of carbonyl (C=O) groups is 2. The lowest BCUT2D eigenvalue weighted by Gasteiger charge is -2.02. The summed E-state index contributed by atoms with van der Waals surface area (Å²) in [5.41, 5.74) is 0. The van der Waals surface area contributed by atoms with Crippen molar-refractivity contribution in [2.24, 2.45) is 5.92 Å². The van der Waals surface area contributed by atoms with E-state index in [9.17, 15) is 9.59 Å². The minimum Gasteiger partial charge on any atom is -0.493 e. The highest BCUT2D eigenvalue weighted by atomic mass is 16.5. The molecule has 0 aliphatic rings. The monoisotopic (exact) mass is 170 g/mol. The Morgan fingerprint density at radius 1 is 1.33 bits per heavy atom. The fraction of sp³-hybridized carbons (Fsp3) is 0.556. The first-order valence-corrected chi connectivity index (χ1v) is 3.79. The van der Waals surface area contributed by atoms with Crippen LogP contribution in [0.3, 0.4) is 0 Å². The molecule has 0 atom stereocenters. The highest BCUT2D eigenvalue weighted by Crippen LogP contribution is 2.02. The average molecular weight is 170 g/mol. The van der Waals surface area contributed by atoms with Crippen molar-refractivity contribution in [3.05, 3.63) is 11.8 Å². The lowest BCUT2D eigenvalue weighted by Crippen LogP contribution is -2.08. The highest BCUT2D eigenvalue weighted by Gasteiger charge is 2.09. The largest absolute Gasteiger partial charge is 0.493 e. The molecule has 0 spiro atoms. The van der Waals surface area contributed by atoms with Crippen molar-refractivity contribution in [2.75, 3.05) is 7.11 Å². The van der Waals surface area contributed by atoms with Crippen molar-refractivity contribution in [1.82, 2.24) is 0 Å². The molecular weight excluding hydrogens is 156 g/mol. The Morgan fingerprint density at radius 2 is 1.83 bits per heavy atom. The van der Waals surface area contributed by atoms with Gasteiger partial charge in [-0.2, -0.15) is 0 Å². The Bertz CT molecular complexity index is 214. The van der Waals surface area contributed by atoms with Crippen LogP contribution in [0.15, 0.2) is 11.8 Å². The molecule has 0 rings (SSSR count). The van der Waals surface area contributed by atoms with Crippen molar-refractivity contribution >= 4 is 11.6 Å². The van der Waals surface area contributed by atoms with E-state index < -0.39 is 0 Å².